The molecule has 0 saturated heterocycles. The molecule has 162 valence electrons. The summed E-state index contributed by atoms with van der Waals surface area (Å²) in [5.41, 5.74) is 7.36. The maximum atomic E-state index is 12.2. The van der Waals surface area contributed by atoms with Crippen molar-refractivity contribution in [3.63, 3.8) is 0 Å². The molecule has 0 unspecified atom stereocenters. The van der Waals surface area contributed by atoms with E-state index < -0.39 is 25.7 Å². The molecule has 0 saturated carbocycles. The van der Waals surface area contributed by atoms with E-state index in [1.54, 1.807) is 13.8 Å². The lowest BCUT2D eigenvalue weighted by atomic mass is 10.1. The molecule has 0 aromatic rings. The van der Waals surface area contributed by atoms with Crippen LogP contribution in [-0.4, -0.2) is 41.3 Å². The van der Waals surface area contributed by atoms with Gasteiger partial charge in [-0.15, -0.1) is 0 Å². The minimum absolute atomic E-state index is 0.0399. The van der Waals surface area contributed by atoms with Gasteiger partial charge in [0.25, 0.3) is 0 Å². The van der Waals surface area contributed by atoms with Crippen LogP contribution in [0.25, 0.3) is 11.1 Å². The van der Waals surface area contributed by atoms with E-state index in [1.807, 2.05) is 5.48 Å². The predicted molar refractivity (Wildman–Crippen MR) is 105 cm³/mol. The highest BCUT2D eigenvalue weighted by Crippen LogP contribution is 2.48. The number of phosphoric ester groups is 1. The molecule has 30 heavy (non-hydrogen) atoms. The molecule has 2 aliphatic carbocycles. The second kappa shape index (κ2) is 9.68. The van der Waals surface area contributed by atoms with E-state index in [0.717, 1.165) is 0 Å². The Hall–Kier alpha value is -2.98. The Labute approximate surface area is 171 Å². The van der Waals surface area contributed by atoms with E-state index in [9.17, 15) is 29.2 Å². The van der Waals surface area contributed by atoms with Gasteiger partial charge in [-0.05, 0) is 30.5 Å². The average Bonchev–Trinajstić information content (AvgIpc) is 2.80. The Morgan fingerprint density at radius 3 is 1.83 bits per heavy atom. The summed E-state index contributed by atoms with van der Waals surface area (Å²) in [5, 5.41) is 18.8. The summed E-state index contributed by atoms with van der Waals surface area (Å²) >= 11 is 0. The third kappa shape index (κ3) is 5.14. The van der Waals surface area contributed by atoms with Crippen LogP contribution < -0.4 is 11.2 Å². The van der Waals surface area contributed by atoms with Crippen LogP contribution in [-0.2, 0) is 29.5 Å². The normalized spacial score (nSPS) is 11.4. The number of hydrogen-bond acceptors (Lipinski definition) is 8. The van der Waals surface area contributed by atoms with Crippen molar-refractivity contribution in [2.45, 2.75) is 20.3 Å². The number of carboxylic acids is 2. The zero-order valence-electron chi connectivity index (χ0n) is 16.2. The van der Waals surface area contributed by atoms with E-state index in [4.69, 9.17) is 19.4 Å². The standard InChI is InChI=1S/C18H21N2O9P/c1-3-27-30(26,28-4-2)29-20-13(21)9-10-5-7-11-12(8-6-10)15(18(24)25)16(19)14(11)17(22)23/h5-8H,3-4,9,19H2,1-2H3,(H,20,21)(H,22,23)(H,24,25). The summed E-state index contributed by atoms with van der Waals surface area (Å²) < 4.78 is 26.7. The zero-order valence-corrected chi connectivity index (χ0v) is 17.1. The minimum Gasteiger partial charge on any atom is -0.478 e. The minimum atomic E-state index is -3.94. The fraction of sp³-hybridized carbons (Fsp3) is 0.278. The zero-order chi connectivity index (χ0) is 22.5. The Morgan fingerprint density at radius 1 is 0.967 bits per heavy atom. The number of nitrogens with one attached hydrogen (secondary N) is 1. The SMILES string of the molecule is CCOP(=O)(OCC)ONC(=O)Cc1ccc2c(C(=O)O)c(N)c(C(=O)O)c-2cc1. The summed E-state index contributed by atoms with van der Waals surface area (Å²) in [6.45, 7) is 3.24. The van der Waals surface area contributed by atoms with Crippen molar-refractivity contribution in [1.29, 1.82) is 0 Å². The van der Waals surface area contributed by atoms with Gasteiger partial charge in [0.1, 0.15) is 0 Å². The van der Waals surface area contributed by atoms with Gasteiger partial charge in [0, 0.05) is 0 Å². The van der Waals surface area contributed by atoms with Crippen molar-refractivity contribution in [2.75, 3.05) is 18.9 Å². The first-order chi connectivity index (χ1) is 14.1. The highest BCUT2D eigenvalue weighted by Gasteiger charge is 2.29. The maximum Gasteiger partial charge on any atom is 0.496 e. The fourth-order valence-corrected chi connectivity index (χ4v) is 3.81. The Bertz CT molecular complexity index is 930. The Balaban J connectivity index is 2.27. The number of fused-ring (bicyclic) bond motifs is 1. The number of nitrogen functional groups attached to an aromatic ring is 1. The van der Waals surface area contributed by atoms with Crippen molar-refractivity contribution in [3.05, 3.63) is 41.0 Å². The monoisotopic (exact) mass is 440 g/mol. The first-order valence-corrected chi connectivity index (χ1v) is 10.3. The lowest BCUT2D eigenvalue weighted by molar-refractivity contribution is -0.128. The van der Waals surface area contributed by atoms with Crippen molar-refractivity contribution in [2.24, 2.45) is 0 Å². The molecular formula is C18H21N2O9P. The van der Waals surface area contributed by atoms with Gasteiger partial charge in [0.15, 0.2) is 0 Å². The summed E-state index contributed by atoms with van der Waals surface area (Å²) in [6.07, 6.45) is -0.240. The molecule has 0 aliphatic heterocycles. The molecule has 0 heterocycles. The number of rotatable bonds is 10. The largest absolute Gasteiger partial charge is 0.496 e. The van der Waals surface area contributed by atoms with Crippen LogP contribution >= 0.6 is 7.82 Å². The summed E-state index contributed by atoms with van der Waals surface area (Å²) in [6, 6.07) is 5.64. The van der Waals surface area contributed by atoms with Crippen molar-refractivity contribution >= 4 is 31.4 Å². The van der Waals surface area contributed by atoms with Gasteiger partial charge >= 0.3 is 19.8 Å². The van der Waals surface area contributed by atoms with Crippen LogP contribution in [0.4, 0.5) is 5.69 Å². The summed E-state index contributed by atoms with van der Waals surface area (Å²) in [7, 11) is -3.94. The summed E-state index contributed by atoms with van der Waals surface area (Å²) in [5.74, 6) is -3.42. The number of hydrogen-bond donors (Lipinski definition) is 4. The third-order valence-corrected chi connectivity index (χ3v) is 5.40. The molecular weight excluding hydrogens is 419 g/mol. The topological polar surface area (TPSA) is 174 Å². The van der Waals surface area contributed by atoms with E-state index in [1.165, 1.54) is 24.3 Å². The van der Waals surface area contributed by atoms with Crippen molar-refractivity contribution in [3.8, 4) is 11.1 Å². The third-order valence-electron chi connectivity index (χ3n) is 3.93. The molecule has 0 spiro atoms. The van der Waals surface area contributed by atoms with Gasteiger partial charge in [-0.2, -0.15) is 4.62 Å². The van der Waals surface area contributed by atoms with Crippen LogP contribution in [0.15, 0.2) is 24.3 Å². The number of carbonyl (C=O) groups is 3. The lowest BCUT2D eigenvalue weighted by Crippen LogP contribution is -2.25. The van der Waals surface area contributed by atoms with E-state index in [-0.39, 0.29) is 47.6 Å². The van der Waals surface area contributed by atoms with Gasteiger partial charge < -0.3 is 15.9 Å². The van der Waals surface area contributed by atoms with Crippen molar-refractivity contribution in [1.82, 2.24) is 5.48 Å². The maximum absolute atomic E-state index is 12.2. The second-order valence-electron chi connectivity index (χ2n) is 5.92. The fourth-order valence-electron chi connectivity index (χ4n) is 2.78. The molecule has 2 rings (SSSR count). The van der Waals surface area contributed by atoms with Crippen molar-refractivity contribution < 1.29 is 42.8 Å². The van der Waals surface area contributed by atoms with E-state index in [0.29, 0.717) is 5.56 Å². The average molecular weight is 440 g/mol. The van der Waals surface area contributed by atoms with Crippen LogP contribution in [0, 0.1) is 0 Å². The number of anilines is 1. The first kappa shape index (κ1) is 23.3. The Kier molecular flexibility index (Phi) is 7.52. The first-order valence-electron chi connectivity index (χ1n) is 8.80. The molecule has 0 fully saturated rings. The molecule has 12 heteroatoms. The molecule has 11 nitrogen and oxygen atoms in total. The summed E-state index contributed by atoms with van der Waals surface area (Å²) in [4.78, 5) is 35.2. The van der Waals surface area contributed by atoms with Crippen LogP contribution in [0.3, 0.4) is 0 Å². The van der Waals surface area contributed by atoms with Crippen LogP contribution in [0.2, 0.25) is 0 Å². The van der Waals surface area contributed by atoms with Gasteiger partial charge in [0.2, 0.25) is 5.91 Å². The quantitative estimate of drug-likeness (QED) is 0.317. The van der Waals surface area contributed by atoms with Gasteiger partial charge in [0.05, 0.1) is 36.4 Å². The second-order valence-corrected chi connectivity index (χ2v) is 7.51. The van der Waals surface area contributed by atoms with Gasteiger partial charge in [-0.25, -0.2) is 19.6 Å². The Morgan fingerprint density at radius 2 is 1.43 bits per heavy atom. The van der Waals surface area contributed by atoms with E-state index >= 15 is 0 Å². The number of carboxylic acid groups (broad SMARTS) is 2. The predicted octanol–water partition coefficient (Wildman–Crippen LogP) is 2.54. The molecule has 5 N–H and O–H groups in total. The van der Waals surface area contributed by atoms with Gasteiger partial charge in [-0.3, -0.25) is 13.8 Å². The molecule has 0 bridgehead atoms. The molecule has 1 amide bonds. The smallest absolute Gasteiger partial charge is 0.478 e. The number of nitrogens with two attached hydrogens (primary N) is 1. The molecule has 0 radical (unpaired) electrons. The molecule has 0 atom stereocenters. The lowest BCUT2D eigenvalue weighted by Gasteiger charge is -2.15. The molecule has 2 aliphatic rings. The number of carbonyl (C=O) groups excluding carboxylic acids is 1. The highest BCUT2D eigenvalue weighted by atomic mass is 31.2. The number of aromatic carboxylic acids is 2. The van der Waals surface area contributed by atoms with Crippen LogP contribution in [0.1, 0.15) is 40.1 Å². The molecule has 0 aromatic heterocycles. The van der Waals surface area contributed by atoms with E-state index in [2.05, 4.69) is 0 Å². The molecule has 0 aromatic carbocycles. The van der Waals surface area contributed by atoms with Gasteiger partial charge in [-0.1, -0.05) is 24.3 Å². The number of hydroxylamine groups is 1. The number of phosphoric acid groups is 1. The van der Waals surface area contributed by atoms with Crippen LogP contribution in [0.5, 0.6) is 0 Å². The highest BCUT2D eigenvalue weighted by molar-refractivity contribution is 7.48. The number of amides is 1.